The van der Waals surface area contributed by atoms with Gasteiger partial charge in [0.25, 0.3) is 0 Å². The fourth-order valence-corrected chi connectivity index (χ4v) is 4.38. The van der Waals surface area contributed by atoms with Crippen molar-refractivity contribution in [3.8, 4) is 0 Å². The van der Waals surface area contributed by atoms with Crippen LogP contribution in [-0.2, 0) is 11.3 Å². The Bertz CT molecular complexity index is 789. The minimum atomic E-state index is -0.189. The van der Waals surface area contributed by atoms with Crippen LogP contribution in [0.25, 0.3) is 0 Å². The molecule has 0 spiro atoms. The first kappa shape index (κ1) is 18.9. The van der Waals surface area contributed by atoms with Gasteiger partial charge in [-0.1, -0.05) is 42.5 Å². The number of benzene rings is 2. The molecule has 2 saturated heterocycles. The highest BCUT2D eigenvalue weighted by Gasteiger charge is 2.31. The predicted octanol–water partition coefficient (Wildman–Crippen LogP) is 3.39. The number of piperazine rings is 1. The van der Waals surface area contributed by atoms with Crippen molar-refractivity contribution < 1.29 is 9.18 Å². The largest absolute Gasteiger partial charge is 0.366 e. The van der Waals surface area contributed by atoms with E-state index in [9.17, 15) is 9.18 Å². The maximum absolute atomic E-state index is 14.0. The van der Waals surface area contributed by atoms with E-state index in [0.29, 0.717) is 31.9 Å². The number of hydrogen-bond acceptors (Lipinski definition) is 3. The Balaban J connectivity index is 1.31. The molecule has 0 bridgehead atoms. The Morgan fingerprint density at radius 3 is 2.39 bits per heavy atom. The molecule has 1 amide bonds. The van der Waals surface area contributed by atoms with Crippen LogP contribution < -0.4 is 4.90 Å². The summed E-state index contributed by atoms with van der Waals surface area (Å²) in [6.07, 6.45) is 2.04. The van der Waals surface area contributed by atoms with Gasteiger partial charge in [0.15, 0.2) is 0 Å². The maximum Gasteiger partial charge on any atom is 0.227 e. The molecule has 4 rings (SSSR count). The average Bonchev–Trinajstić information content (AvgIpc) is 2.75. The first-order chi connectivity index (χ1) is 13.7. The molecule has 28 heavy (non-hydrogen) atoms. The maximum atomic E-state index is 14.0. The number of carbonyl (C=O) groups excluding carboxylic acids is 1. The van der Waals surface area contributed by atoms with Crippen molar-refractivity contribution >= 4 is 11.6 Å². The molecule has 5 heteroatoms. The van der Waals surface area contributed by atoms with Crippen molar-refractivity contribution in [2.75, 3.05) is 44.2 Å². The van der Waals surface area contributed by atoms with Crippen molar-refractivity contribution in [3.05, 3.63) is 66.0 Å². The molecule has 4 nitrogen and oxygen atoms in total. The number of carbonyl (C=O) groups is 1. The highest BCUT2D eigenvalue weighted by Crippen LogP contribution is 2.24. The third kappa shape index (κ3) is 4.36. The van der Waals surface area contributed by atoms with Crippen LogP contribution in [-0.4, -0.2) is 55.0 Å². The van der Waals surface area contributed by atoms with E-state index >= 15 is 0 Å². The van der Waals surface area contributed by atoms with Crippen LogP contribution >= 0.6 is 0 Å². The van der Waals surface area contributed by atoms with Crippen molar-refractivity contribution in [1.82, 2.24) is 9.80 Å². The molecule has 0 unspecified atom stereocenters. The average molecular weight is 381 g/mol. The molecular weight excluding hydrogens is 353 g/mol. The zero-order valence-corrected chi connectivity index (χ0v) is 16.3. The molecule has 2 aromatic rings. The Morgan fingerprint density at radius 1 is 0.929 bits per heavy atom. The van der Waals surface area contributed by atoms with E-state index in [-0.39, 0.29) is 17.6 Å². The number of piperidine rings is 1. The minimum absolute atomic E-state index is 0.0810. The highest BCUT2D eigenvalue weighted by molar-refractivity contribution is 5.79. The fraction of sp³-hybridized carbons (Fsp3) is 0.435. The van der Waals surface area contributed by atoms with E-state index < -0.39 is 0 Å². The first-order valence-corrected chi connectivity index (χ1v) is 10.3. The third-order valence-corrected chi connectivity index (χ3v) is 5.89. The second kappa shape index (κ2) is 8.74. The highest BCUT2D eigenvalue weighted by atomic mass is 19.1. The Labute approximate surface area is 166 Å². The van der Waals surface area contributed by atoms with Gasteiger partial charge in [-0.15, -0.1) is 0 Å². The van der Waals surface area contributed by atoms with Crippen LogP contribution in [0.2, 0.25) is 0 Å². The Morgan fingerprint density at radius 2 is 1.64 bits per heavy atom. The summed E-state index contributed by atoms with van der Waals surface area (Å²) in [5.74, 6) is 0.162. The Hall–Kier alpha value is -2.40. The van der Waals surface area contributed by atoms with E-state index in [4.69, 9.17) is 0 Å². The van der Waals surface area contributed by atoms with Crippen molar-refractivity contribution in [3.63, 3.8) is 0 Å². The quantitative estimate of drug-likeness (QED) is 0.812. The van der Waals surface area contributed by atoms with E-state index in [1.807, 2.05) is 28.0 Å². The van der Waals surface area contributed by atoms with Crippen molar-refractivity contribution in [2.45, 2.75) is 19.4 Å². The molecule has 1 atom stereocenters. The lowest BCUT2D eigenvalue weighted by Gasteiger charge is -2.39. The second-order valence-corrected chi connectivity index (χ2v) is 7.82. The number of likely N-dealkylation sites (tertiary alicyclic amines) is 1. The molecule has 2 heterocycles. The summed E-state index contributed by atoms with van der Waals surface area (Å²) in [5.41, 5.74) is 1.94. The standard InChI is InChI=1S/C23H28FN3O/c24-21-10-4-5-11-22(21)26-13-15-27(16-14-26)23(28)20-9-6-12-25(18-20)17-19-7-2-1-3-8-19/h1-5,7-8,10-11,20H,6,9,12-18H2/t20-/m1/s1. The Kier molecular flexibility index (Phi) is 5.91. The van der Waals surface area contributed by atoms with Gasteiger partial charge in [-0.3, -0.25) is 9.69 Å². The van der Waals surface area contributed by atoms with Gasteiger partial charge in [-0.05, 0) is 37.1 Å². The first-order valence-electron chi connectivity index (χ1n) is 10.3. The van der Waals surface area contributed by atoms with Gasteiger partial charge in [0.2, 0.25) is 5.91 Å². The zero-order valence-electron chi connectivity index (χ0n) is 16.3. The monoisotopic (exact) mass is 381 g/mol. The van der Waals surface area contributed by atoms with Crippen LogP contribution in [0.1, 0.15) is 18.4 Å². The van der Waals surface area contributed by atoms with E-state index in [1.165, 1.54) is 11.6 Å². The topological polar surface area (TPSA) is 26.8 Å². The van der Waals surface area contributed by atoms with E-state index in [2.05, 4.69) is 29.2 Å². The molecule has 2 aromatic carbocycles. The summed E-state index contributed by atoms with van der Waals surface area (Å²) in [5, 5.41) is 0. The molecule has 0 aliphatic carbocycles. The molecule has 2 aliphatic heterocycles. The summed E-state index contributed by atoms with van der Waals surface area (Å²) in [4.78, 5) is 19.5. The smallest absolute Gasteiger partial charge is 0.227 e. The zero-order chi connectivity index (χ0) is 19.3. The predicted molar refractivity (Wildman–Crippen MR) is 110 cm³/mol. The minimum Gasteiger partial charge on any atom is -0.366 e. The van der Waals surface area contributed by atoms with Gasteiger partial charge in [-0.25, -0.2) is 4.39 Å². The van der Waals surface area contributed by atoms with Crippen LogP contribution in [0.5, 0.6) is 0 Å². The number of halogens is 1. The number of hydrogen-bond donors (Lipinski definition) is 0. The fourth-order valence-electron chi connectivity index (χ4n) is 4.38. The molecule has 0 N–H and O–H groups in total. The molecule has 2 aliphatic rings. The SMILES string of the molecule is O=C([C@@H]1CCCN(Cc2ccccc2)C1)N1CCN(c2ccccc2F)CC1. The summed E-state index contributed by atoms with van der Waals surface area (Å²) in [7, 11) is 0. The summed E-state index contributed by atoms with van der Waals surface area (Å²) < 4.78 is 14.0. The molecule has 0 saturated carbocycles. The van der Waals surface area contributed by atoms with E-state index in [1.54, 1.807) is 6.07 Å². The molecule has 0 radical (unpaired) electrons. The van der Waals surface area contributed by atoms with Gasteiger partial charge < -0.3 is 9.80 Å². The molecule has 0 aromatic heterocycles. The van der Waals surface area contributed by atoms with Gasteiger partial charge in [0.05, 0.1) is 11.6 Å². The van der Waals surface area contributed by atoms with Crippen LogP contribution in [0.4, 0.5) is 10.1 Å². The molecule has 2 fully saturated rings. The number of para-hydroxylation sites is 1. The summed E-state index contributed by atoms with van der Waals surface area (Å²) >= 11 is 0. The summed E-state index contributed by atoms with van der Waals surface area (Å²) in [6.45, 7) is 5.51. The molecular formula is C23H28FN3O. The molecule has 148 valence electrons. The lowest BCUT2D eigenvalue weighted by molar-refractivity contribution is -0.137. The lowest BCUT2D eigenvalue weighted by Crippen LogP contribution is -2.52. The number of amides is 1. The van der Waals surface area contributed by atoms with Crippen molar-refractivity contribution in [1.29, 1.82) is 0 Å². The normalized spacial score (nSPS) is 21.0. The number of anilines is 1. The second-order valence-electron chi connectivity index (χ2n) is 7.82. The van der Waals surface area contributed by atoms with Gasteiger partial charge >= 0.3 is 0 Å². The van der Waals surface area contributed by atoms with E-state index in [0.717, 1.165) is 32.5 Å². The van der Waals surface area contributed by atoms with Gasteiger partial charge in [-0.2, -0.15) is 0 Å². The number of nitrogens with zero attached hydrogens (tertiary/aromatic N) is 3. The van der Waals surface area contributed by atoms with Crippen LogP contribution in [0.3, 0.4) is 0 Å². The lowest BCUT2D eigenvalue weighted by atomic mass is 9.95. The number of rotatable bonds is 4. The van der Waals surface area contributed by atoms with Gasteiger partial charge in [0, 0.05) is 39.3 Å². The van der Waals surface area contributed by atoms with Gasteiger partial charge in [0.1, 0.15) is 5.82 Å². The van der Waals surface area contributed by atoms with Crippen molar-refractivity contribution in [2.24, 2.45) is 5.92 Å². The van der Waals surface area contributed by atoms with Crippen LogP contribution in [0.15, 0.2) is 54.6 Å². The third-order valence-electron chi connectivity index (χ3n) is 5.89. The summed E-state index contributed by atoms with van der Waals surface area (Å²) in [6, 6.07) is 17.3. The van der Waals surface area contributed by atoms with Crippen LogP contribution in [0, 0.1) is 11.7 Å².